The van der Waals surface area contributed by atoms with E-state index >= 15 is 0 Å². The Morgan fingerprint density at radius 2 is 1.44 bits per heavy atom. The largest absolute Gasteiger partial charge is 0.490 e. The Kier molecular flexibility index (Phi) is 8.92. The van der Waals surface area contributed by atoms with Crippen LogP contribution in [-0.4, -0.2) is 29.6 Å². The van der Waals surface area contributed by atoms with Crippen molar-refractivity contribution in [2.45, 2.75) is 64.4 Å². The van der Waals surface area contributed by atoms with Gasteiger partial charge in [-0.3, -0.25) is 9.59 Å². The van der Waals surface area contributed by atoms with E-state index in [0.29, 0.717) is 41.0 Å². The predicted molar refractivity (Wildman–Crippen MR) is 170 cm³/mol. The summed E-state index contributed by atoms with van der Waals surface area (Å²) in [6.45, 7) is 3.34. The van der Waals surface area contributed by atoms with E-state index in [2.05, 4.69) is 17.0 Å². The maximum absolute atomic E-state index is 13.7. The van der Waals surface area contributed by atoms with Crippen LogP contribution in [0.1, 0.15) is 68.1 Å². The smallest absolute Gasteiger partial charge is 0.180 e. The Hall–Kier alpha value is -3.54. The Morgan fingerprint density at radius 1 is 0.791 bits per heavy atom. The number of carbonyl (C=O) groups is 2. The van der Waals surface area contributed by atoms with E-state index < -0.39 is 5.92 Å². The highest BCUT2D eigenvalue weighted by atomic mass is 35.5. The van der Waals surface area contributed by atoms with Gasteiger partial charge in [-0.15, -0.1) is 0 Å². The summed E-state index contributed by atoms with van der Waals surface area (Å²) < 4.78 is 12.2. The lowest BCUT2D eigenvalue weighted by molar-refractivity contribution is -0.117. The molecule has 6 rings (SSSR count). The first-order valence-electron chi connectivity index (χ1n) is 15.1. The Bertz CT molecular complexity index is 1550. The molecule has 1 aliphatic heterocycles. The number of benzene rings is 3. The highest BCUT2D eigenvalue weighted by Crippen LogP contribution is 2.51. The predicted octanol–water partition coefficient (Wildman–Crippen LogP) is 8.63. The average molecular weight is 617 g/mol. The van der Waals surface area contributed by atoms with Crippen LogP contribution in [0.2, 0.25) is 10.0 Å². The van der Waals surface area contributed by atoms with Gasteiger partial charge in [-0.1, -0.05) is 65.7 Å². The molecule has 0 spiro atoms. The van der Waals surface area contributed by atoms with Crippen LogP contribution in [0.4, 0.5) is 0 Å². The number of hydrogen-bond acceptors (Lipinski definition) is 5. The van der Waals surface area contributed by atoms with Crippen molar-refractivity contribution in [2.75, 3.05) is 13.2 Å². The molecule has 5 nitrogen and oxygen atoms in total. The van der Waals surface area contributed by atoms with Gasteiger partial charge in [-0.05, 0) is 80.0 Å². The number of ketones is 2. The molecule has 3 aromatic carbocycles. The van der Waals surface area contributed by atoms with E-state index in [1.165, 1.54) is 5.56 Å². The Balaban J connectivity index is 1.41. The van der Waals surface area contributed by atoms with E-state index in [1.807, 2.05) is 61.5 Å². The molecule has 0 saturated heterocycles. The molecule has 0 radical (unpaired) electrons. The van der Waals surface area contributed by atoms with E-state index in [0.717, 1.165) is 72.3 Å². The number of carbonyl (C=O) groups excluding carboxylic acids is 2. The van der Waals surface area contributed by atoms with Gasteiger partial charge in [0.15, 0.2) is 23.1 Å². The lowest BCUT2D eigenvalue weighted by Gasteiger charge is -2.44. The molecule has 2 aliphatic carbocycles. The first-order valence-corrected chi connectivity index (χ1v) is 15.9. The second-order valence-corrected chi connectivity index (χ2v) is 12.1. The highest BCUT2D eigenvalue weighted by Gasteiger charge is 2.43. The summed E-state index contributed by atoms with van der Waals surface area (Å²) >= 11 is 13.0. The fourth-order valence-electron chi connectivity index (χ4n) is 6.60. The van der Waals surface area contributed by atoms with Gasteiger partial charge in [-0.2, -0.15) is 0 Å². The van der Waals surface area contributed by atoms with Crippen molar-refractivity contribution < 1.29 is 19.1 Å². The number of allylic oxidation sites excluding steroid dienone is 4. The highest BCUT2D eigenvalue weighted by molar-refractivity contribution is 6.32. The zero-order valence-electron chi connectivity index (χ0n) is 24.3. The molecule has 0 aromatic heterocycles. The number of rotatable bonds is 9. The molecule has 0 bridgehead atoms. The van der Waals surface area contributed by atoms with Gasteiger partial charge in [0.25, 0.3) is 0 Å². The minimum absolute atomic E-state index is 0.109. The van der Waals surface area contributed by atoms with Crippen molar-refractivity contribution in [3.8, 4) is 11.5 Å². The number of halogens is 2. The monoisotopic (exact) mass is 615 g/mol. The lowest BCUT2D eigenvalue weighted by atomic mass is 9.71. The molecule has 3 aromatic rings. The zero-order valence-corrected chi connectivity index (χ0v) is 25.8. The summed E-state index contributed by atoms with van der Waals surface area (Å²) in [5.41, 5.74) is 6.56. The molecular weight excluding hydrogens is 581 g/mol. The summed E-state index contributed by atoms with van der Waals surface area (Å²) in [4.78, 5) is 29.8. The van der Waals surface area contributed by atoms with Gasteiger partial charge in [0.2, 0.25) is 0 Å². The van der Waals surface area contributed by atoms with Crippen LogP contribution >= 0.6 is 23.2 Å². The van der Waals surface area contributed by atoms with Gasteiger partial charge < -0.3 is 14.4 Å². The van der Waals surface area contributed by atoms with Gasteiger partial charge in [-0.25, -0.2) is 0 Å². The fourth-order valence-corrected chi connectivity index (χ4v) is 7.00. The molecule has 3 aliphatic rings. The molecule has 0 amide bonds. The molecule has 0 N–H and O–H groups in total. The van der Waals surface area contributed by atoms with Crippen LogP contribution in [0.3, 0.4) is 0 Å². The van der Waals surface area contributed by atoms with Crippen molar-refractivity contribution in [3.63, 3.8) is 0 Å². The maximum atomic E-state index is 13.7. The second kappa shape index (κ2) is 13.0. The van der Waals surface area contributed by atoms with Gasteiger partial charge in [0, 0.05) is 52.9 Å². The molecule has 0 saturated carbocycles. The number of ether oxygens (including phenoxy) is 2. The third-order valence-electron chi connectivity index (χ3n) is 8.51. The third-order valence-corrected chi connectivity index (χ3v) is 9.05. The minimum Gasteiger partial charge on any atom is -0.490 e. The van der Waals surface area contributed by atoms with Gasteiger partial charge in [0.1, 0.15) is 6.61 Å². The molecule has 1 heterocycles. The zero-order chi connectivity index (χ0) is 29.9. The minimum atomic E-state index is -0.472. The summed E-state index contributed by atoms with van der Waals surface area (Å²) in [5, 5.41) is 1.04. The van der Waals surface area contributed by atoms with Crippen molar-refractivity contribution in [2.24, 2.45) is 0 Å². The second-order valence-electron chi connectivity index (χ2n) is 11.3. The molecule has 222 valence electrons. The third kappa shape index (κ3) is 6.11. The van der Waals surface area contributed by atoms with Crippen LogP contribution in [0, 0.1) is 0 Å². The van der Waals surface area contributed by atoms with Crippen LogP contribution in [0.25, 0.3) is 0 Å². The average Bonchev–Trinajstić information content (AvgIpc) is 3.01. The van der Waals surface area contributed by atoms with Gasteiger partial charge >= 0.3 is 0 Å². The van der Waals surface area contributed by atoms with Crippen molar-refractivity contribution in [3.05, 3.63) is 116 Å². The number of Topliss-reactive ketones (excluding diaryl/α,β-unsaturated/α-hetero) is 2. The van der Waals surface area contributed by atoms with Crippen molar-refractivity contribution in [1.82, 2.24) is 4.90 Å². The summed E-state index contributed by atoms with van der Waals surface area (Å²) in [6.07, 6.45) is 5.04. The first kappa shape index (κ1) is 29.5. The van der Waals surface area contributed by atoms with Gasteiger partial charge in [0.05, 0.1) is 11.6 Å². The molecule has 43 heavy (non-hydrogen) atoms. The topological polar surface area (TPSA) is 55.8 Å². The summed E-state index contributed by atoms with van der Waals surface area (Å²) in [5.74, 6) is 0.689. The van der Waals surface area contributed by atoms with Crippen LogP contribution in [-0.2, 0) is 22.6 Å². The molecule has 0 fully saturated rings. The maximum Gasteiger partial charge on any atom is 0.180 e. The molecular formula is C36H35Cl2NO4. The Morgan fingerprint density at radius 3 is 2.07 bits per heavy atom. The first-order chi connectivity index (χ1) is 20.9. The normalized spacial score (nSPS) is 17.2. The molecule has 7 heteroatoms. The summed E-state index contributed by atoms with van der Waals surface area (Å²) in [6, 6.07) is 21.6. The standard InChI is InChI=1S/C36H35Cl2NO4/c1-2-42-32-21-25(20-27(38)36(32)43-22-24-14-16-26(37)17-15-24)33-34-28(10-6-12-30(34)40)39(19-18-23-8-4-3-5-9-23)29-11-7-13-31(41)35(29)33/h3-5,8-9,14-17,20-21,33H,2,6-7,10-13,18-19,22H2,1H3. The van der Waals surface area contributed by atoms with E-state index in [9.17, 15) is 9.59 Å². The number of hydrogen-bond donors (Lipinski definition) is 0. The quantitative estimate of drug-likeness (QED) is 0.241. The number of nitrogens with zero attached hydrogens (tertiary/aromatic N) is 1. The molecule has 0 unspecified atom stereocenters. The van der Waals surface area contributed by atoms with Crippen molar-refractivity contribution >= 4 is 34.8 Å². The SMILES string of the molecule is CCOc1cc(C2C3=C(CCCC3=O)N(CCc3ccccc3)C3=C2C(=O)CCC3)cc(Cl)c1OCc1ccc(Cl)cc1. The van der Waals surface area contributed by atoms with E-state index in [1.54, 1.807) is 0 Å². The lowest BCUT2D eigenvalue weighted by Crippen LogP contribution is -2.40. The van der Waals surface area contributed by atoms with Crippen LogP contribution in [0.5, 0.6) is 11.5 Å². The fraction of sp³-hybridized carbons (Fsp3) is 0.333. The van der Waals surface area contributed by atoms with Crippen molar-refractivity contribution in [1.29, 1.82) is 0 Å². The van der Waals surface area contributed by atoms with Crippen LogP contribution in [0.15, 0.2) is 89.3 Å². The van der Waals surface area contributed by atoms with Crippen LogP contribution < -0.4 is 9.47 Å². The summed E-state index contributed by atoms with van der Waals surface area (Å²) in [7, 11) is 0. The molecule has 0 atom stereocenters. The van der Waals surface area contributed by atoms with E-state index in [4.69, 9.17) is 32.7 Å². The Labute approximate surface area is 263 Å². The van der Waals surface area contributed by atoms with E-state index in [-0.39, 0.29) is 18.2 Å².